The second-order valence-corrected chi connectivity index (χ2v) is 4.27. The maximum atomic E-state index is 10.2. The molecule has 0 saturated carbocycles. The van der Waals surface area contributed by atoms with Crippen LogP contribution in [-0.4, -0.2) is 17.7 Å². The zero-order valence-electron chi connectivity index (χ0n) is 9.69. The van der Waals surface area contributed by atoms with Gasteiger partial charge < -0.3 is 10.4 Å². The maximum absolute atomic E-state index is 10.2. The van der Waals surface area contributed by atoms with Crippen molar-refractivity contribution in [1.82, 2.24) is 5.32 Å². The summed E-state index contributed by atoms with van der Waals surface area (Å²) in [5, 5.41) is 13.6. The quantitative estimate of drug-likeness (QED) is 0.759. The second kappa shape index (κ2) is 5.28. The van der Waals surface area contributed by atoms with Crippen LogP contribution in [0.4, 0.5) is 0 Å². The number of benzene rings is 1. The van der Waals surface area contributed by atoms with Crippen LogP contribution in [-0.2, 0) is 0 Å². The van der Waals surface area contributed by atoms with Crippen molar-refractivity contribution in [2.24, 2.45) is 0 Å². The SMILES string of the molecule is CCCCN[C@H]1C=Cc2ccccc2[C@@H]1O. The van der Waals surface area contributed by atoms with E-state index in [-0.39, 0.29) is 6.04 Å². The van der Waals surface area contributed by atoms with Crippen LogP contribution in [0.25, 0.3) is 6.08 Å². The predicted octanol–water partition coefficient (Wildman–Crippen LogP) is 2.51. The van der Waals surface area contributed by atoms with E-state index in [1.165, 1.54) is 6.42 Å². The summed E-state index contributed by atoms with van der Waals surface area (Å²) in [6.07, 6.45) is 6.06. The molecular formula is C14H19NO. The summed E-state index contributed by atoms with van der Waals surface area (Å²) in [6.45, 7) is 3.13. The fraction of sp³-hybridized carbons (Fsp3) is 0.429. The van der Waals surface area contributed by atoms with Crippen molar-refractivity contribution in [3.05, 3.63) is 41.5 Å². The Balaban J connectivity index is 2.06. The fourth-order valence-electron chi connectivity index (χ4n) is 2.06. The molecule has 0 radical (unpaired) electrons. The zero-order chi connectivity index (χ0) is 11.4. The van der Waals surface area contributed by atoms with Crippen LogP contribution in [0.15, 0.2) is 30.3 Å². The minimum Gasteiger partial charge on any atom is -0.386 e. The summed E-state index contributed by atoms with van der Waals surface area (Å²) in [5.74, 6) is 0. The summed E-state index contributed by atoms with van der Waals surface area (Å²) in [4.78, 5) is 0. The lowest BCUT2D eigenvalue weighted by Gasteiger charge is -2.26. The number of fused-ring (bicyclic) bond motifs is 1. The number of unbranched alkanes of at least 4 members (excludes halogenated alkanes) is 1. The Hall–Kier alpha value is -1.12. The lowest BCUT2D eigenvalue weighted by atomic mass is 9.91. The van der Waals surface area contributed by atoms with Crippen LogP contribution < -0.4 is 5.32 Å². The average molecular weight is 217 g/mol. The van der Waals surface area contributed by atoms with Crippen LogP contribution in [0.1, 0.15) is 37.0 Å². The molecule has 2 nitrogen and oxygen atoms in total. The van der Waals surface area contributed by atoms with E-state index in [1.807, 2.05) is 24.3 Å². The largest absolute Gasteiger partial charge is 0.386 e. The summed E-state index contributed by atoms with van der Waals surface area (Å²) in [6, 6.07) is 8.07. The average Bonchev–Trinajstić information content (AvgIpc) is 2.33. The molecule has 2 rings (SSSR count). The highest BCUT2D eigenvalue weighted by Crippen LogP contribution is 2.27. The molecule has 0 aromatic heterocycles. The van der Waals surface area contributed by atoms with Gasteiger partial charge in [-0.1, -0.05) is 49.8 Å². The molecule has 0 saturated heterocycles. The first-order valence-electron chi connectivity index (χ1n) is 6.01. The predicted molar refractivity (Wildman–Crippen MR) is 67.1 cm³/mol. The van der Waals surface area contributed by atoms with E-state index >= 15 is 0 Å². The van der Waals surface area contributed by atoms with Gasteiger partial charge in [0, 0.05) is 0 Å². The van der Waals surface area contributed by atoms with Gasteiger partial charge in [-0.05, 0) is 24.1 Å². The van der Waals surface area contributed by atoms with Crippen LogP contribution in [0, 0.1) is 0 Å². The maximum Gasteiger partial charge on any atom is 0.0984 e. The summed E-state index contributed by atoms with van der Waals surface area (Å²) in [7, 11) is 0. The standard InChI is InChI=1S/C14H19NO/c1-2-3-10-15-13-9-8-11-6-4-5-7-12(11)14(13)16/h4-9,13-16H,2-3,10H2,1H3/t13-,14-/m0/s1. The monoisotopic (exact) mass is 217 g/mol. The van der Waals surface area contributed by atoms with Crippen molar-refractivity contribution in [3.63, 3.8) is 0 Å². The van der Waals surface area contributed by atoms with Crippen molar-refractivity contribution in [2.45, 2.75) is 31.9 Å². The van der Waals surface area contributed by atoms with Crippen LogP contribution >= 0.6 is 0 Å². The minimum atomic E-state index is -0.418. The van der Waals surface area contributed by atoms with Gasteiger partial charge in [-0.3, -0.25) is 0 Å². The van der Waals surface area contributed by atoms with Gasteiger partial charge in [0.1, 0.15) is 0 Å². The smallest absolute Gasteiger partial charge is 0.0984 e. The number of hydrogen-bond donors (Lipinski definition) is 2. The molecule has 86 valence electrons. The topological polar surface area (TPSA) is 32.3 Å². The number of aliphatic hydroxyl groups excluding tert-OH is 1. The Labute approximate surface area is 97.0 Å². The van der Waals surface area contributed by atoms with E-state index in [0.717, 1.165) is 24.1 Å². The molecule has 0 bridgehead atoms. The number of hydrogen-bond acceptors (Lipinski definition) is 2. The molecule has 1 aliphatic rings. The van der Waals surface area contributed by atoms with E-state index in [9.17, 15) is 5.11 Å². The Morgan fingerprint density at radius 1 is 1.31 bits per heavy atom. The molecular weight excluding hydrogens is 198 g/mol. The van der Waals surface area contributed by atoms with Crippen molar-refractivity contribution in [2.75, 3.05) is 6.54 Å². The molecule has 1 aromatic carbocycles. The van der Waals surface area contributed by atoms with Crippen LogP contribution in [0.3, 0.4) is 0 Å². The van der Waals surface area contributed by atoms with Gasteiger partial charge in [0.2, 0.25) is 0 Å². The molecule has 2 atom stereocenters. The molecule has 0 spiro atoms. The van der Waals surface area contributed by atoms with E-state index in [1.54, 1.807) is 0 Å². The van der Waals surface area contributed by atoms with Gasteiger partial charge >= 0.3 is 0 Å². The van der Waals surface area contributed by atoms with Crippen molar-refractivity contribution in [3.8, 4) is 0 Å². The highest BCUT2D eigenvalue weighted by atomic mass is 16.3. The first kappa shape index (κ1) is 11.4. The Bertz CT molecular complexity index is 373. The first-order valence-corrected chi connectivity index (χ1v) is 6.01. The molecule has 1 aliphatic carbocycles. The third-order valence-corrected chi connectivity index (χ3v) is 3.05. The third-order valence-electron chi connectivity index (χ3n) is 3.05. The molecule has 0 amide bonds. The van der Waals surface area contributed by atoms with Crippen molar-refractivity contribution >= 4 is 6.08 Å². The fourth-order valence-corrected chi connectivity index (χ4v) is 2.06. The highest BCUT2D eigenvalue weighted by molar-refractivity contribution is 5.58. The van der Waals surface area contributed by atoms with Gasteiger partial charge in [0.15, 0.2) is 0 Å². The first-order chi connectivity index (χ1) is 7.83. The highest BCUT2D eigenvalue weighted by Gasteiger charge is 2.22. The molecule has 0 fully saturated rings. The Morgan fingerprint density at radius 3 is 2.94 bits per heavy atom. The summed E-state index contributed by atoms with van der Waals surface area (Å²) < 4.78 is 0. The molecule has 1 aromatic rings. The summed E-state index contributed by atoms with van der Waals surface area (Å²) >= 11 is 0. The molecule has 2 N–H and O–H groups in total. The molecule has 0 unspecified atom stereocenters. The van der Waals surface area contributed by atoms with Gasteiger partial charge in [0.25, 0.3) is 0 Å². The van der Waals surface area contributed by atoms with Gasteiger partial charge in [0.05, 0.1) is 12.1 Å². The van der Waals surface area contributed by atoms with Crippen molar-refractivity contribution in [1.29, 1.82) is 0 Å². The Morgan fingerprint density at radius 2 is 2.12 bits per heavy atom. The van der Waals surface area contributed by atoms with E-state index in [0.29, 0.717) is 0 Å². The molecule has 0 heterocycles. The second-order valence-electron chi connectivity index (χ2n) is 4.27. The van der Waals surface area contributed by atoms with E-state index < -0.39 is 6.10 Å². The van der Waals surface area contributed by atoms with E-state index in [4.69, 9.17) is 0 Å². The normalized spacial score (nSPS) is 23.1. The number of nitrogens with one attached hydrogen (secondary N) is 1. The lowest BCUT2D eigenvalue weighted by molar-refractivity contribution is 0.146. The number of aliphatic hydroxyl groups is 1. The molecule has 2 heteroatoms. The minimum absolute atomic E-state index is 0.0569. The lowest BCUT2D eigenvalue weighted by Crippen LogP contribution is -2.35. The molecule has 16 heavy (non-hydrogen) atoms. The van der Waals surface area contributed by atoms with Gasteiger partial charge in [-0.25, -0.2) is 0 Å². The van der Waals surface area contributed by atoms with Gasteiger partial charge in [-0.15, -0.1) is 0 Å². The van der Waals surface area contributed by atoms with E-state index in [2.05, 4.69) is 24.4 Å². The van der Waals surface area contributed by atoms with Crippen LogP contribution in [0.2, 0.25) is 0 Å². The third kappa shape index (κ3) is 2.34. The van der Waals surface area contributed by atoms with Crippen molar-refractivity contribution < 1.29 is 5.11 Å². The zero-order valence-corrected chi connectivity index (χ0v) is 9.69. The van der Waals surface area contributed by atoms with Gasteiger partial charge in [-0.2, -0.15) is 0 Å². The summed E-state index contributed by atoms with van der Waals surface area (Å²) in [5.41, 5.74) is 2.16. The molecule has 0 aliphatic heterocycles. The van der Waals surface area contributed by atoms with Crippen LogP contribution in [0.5, 0.6) is 0 Å². The Kier molecular flexibility index (Phi) is 3.75. The number of rotatable bonds is 4.